The van der Waals surface area contributed by atoms with Gasteiger partial charge in [-0.3, -0.25) is 9.36 Å². The fraction of sp³-hybridized carbons (Fsp3) is 0.111. The summed E-state index contributed by atoms with van der Waals surface area (Å²) in [6.45, 7) is 0.0513. The van der Waals surface area contributed by atoms with Crippen LogP contribution >= 0.6 is 22.9 Å². The molecule has 0 fully saturated rings. The third kappa shape index (κ3) is 1.89. The minimum atomic E-state index is -0.163. The van der Waals surface area contributed by atoms with Crippen LogP contribution in [0.25, 0.3) is 10.2 Å². The lowest BCUT2D eigenvalue weighted by Gasteiger charge is -2.01. The van der Waals surface area contributed by atoms with Gasteiger partial charge in [-0.25, -0.2) is 0 Å². The summed E-state index contributed by atoms with van der Waals surface area (Å²) in [5.74, 6) is -0.0261. The summed E-state index contributed by atoms with van der Waals surface area (Å²) in [6, 6.07) is 5.17. The standard InChI is InChI=1S/C9H8ClN3O2S/c10-5-1-2-7-6(3-5)13(9(14)16-7)4-8(11)12-15/h1-3,15H,4H2,(H2,11,12). The molecular formula is C9H8ClN3O2S. The summed E-state index contributed by atoms with van der Waals surface area (Å²) in [5, 5.41) is 11.9. The highest BCUT2D eigenvalue weighted by molar-refractivity contribution is 7.16. The van der Waals surface area contributed by atoms with E-state index in [2.05, 4.69) is 5.16 Å². The van der Waals surface area contributed by atoms with E-state index in [9.17, 15) is 4.79 Å². The van der Waals surface area contributed by atoms with Crippen LogP contribution in [0.3, 0.4) is 0 Å². The maximum atomic E-state index is 11.6. The molecule has 1 aromatic heterocycles. The molecule has 0 atom stereocenters. The van der Waals surface area contributed by atoms with E-state index < -0.39 is 0 Å². The zero-order valence-electron chi connectivity index (χ0n) is 8.05. The van der Waals surface area contributed by atoms with E-state index in [1.54, 1.807) is 18.2 Å². The Morgan fingerprint density at radius 2 is 2.38 bits per heavy atom. The van der Waals surface area contributed by atoms with Crippen molar-refractivity contribution >= 4 is 39.0 Å². The summed E-state index contributed by atoms with van der Waals surface area (Å²) >= 11 is 6.95. The Labute approximate surface area is 99.4 Å². The van der Waals surface area contributed by atoms with E-state index >= 15 is 0 Å². The molecule has 84 valence electrons. The van der Waals surface area contributed by atoms with Gasteiger partial charge in [0.05, 0.1) is 16.8 Å². The van der Waals surface area contributed by atoms with E-state index in [0.29, 0.717) is 10.5 Å². The lowest BCUT2D eigenvalue weighted by Crippen LogP contribution is -2.24. The van der Waals surface area contributed by atoms with Crippen LogP contribution in [0, 0.1) is 0 Å². The Kier molecular flexibility index (Phi) is 2.84. The third-order valence-electron chi connectivity index (χ3n) is 2.08. The molecule has 0 aliphatic heterocycles. The zero-order valence-corrected chi connectivity index (χ0v) is 9.63. The highest BCUT2D eigenvalue weighted by Crippen LogP contribution is 2.21. The van der Waals surface area contributed by atoms with Crippen LogP contribution in [-0.2, 0) is 6.54 Å². The van der Waals surface area contributed by atoms with Crippen molar-refractivity contribution in [2.75, 3.05) is 0 Å². The Bertz CT molecular complexity index is 617. The minimum Gasteiger partial charge on any atom is -0.409 e. The molecule has 2 rings (SSSR count). The smallest absolute Gasteiger partial charge is 0.308 e. The molecule has 3 N–H and O–H groups in total. The lowest BCUT2D eigenvalue weighted by atomic mass is 10.3. The molecule has 2 aromatic rings. The first-order valence-corrected chi connectivity index (χ1v) is 5.56. The molecule has 0 amide bonds. The average molecular weight is 258 g/mol. The van der Waals surface area contributed by atoms with E-state index in [1.165, 1.54) is 4.57 Å². The number of halogens is 1. The van der Waals surface area contributed by atoms with Gasteiger partial charge in [-0.2, -0.15) is 0 Å². The first-order valence-electron chi connectivity index (χ1n) is 4.37. The number of nitrogens with zero attached hydrogens (tertiary/aromatic N) is 2. The summed E-state index contributed by atoms with van der Waals surface area (Å²) in [5.41, 5.74) is 6.06. The second kappa shape index (κ2) is 4.15. The van der Waals surface area contributed by atoms with E-state index in [0.717, 1.165) is 16.0 Å². The van der Waals surface area contributed by atoms with Crippen molar-refractivity contribution in [2.24, 2.45) is 10.9 Å². The highest BCUT2D eigenvalue weighted by Gasteiger charge is 2.09. The fourth-order valence-corrected chi connectivity index (χ4v) is 2.42. The number of thiazole rings is 1. The van der Waals surface area contributed by atoms with Crippen molar-refractivity contribution in [1.29, 1.82) is 0 Å². The Hall–Kier alpha value is -1.53. The predicted octanol–water partition coefficient (Wildman–Crippen LogP) is 1.46. The SMILES string of the molecule is N/C(Cn1c(=O)sc2ccc(Cl)cc21)=N\O. The van der Waals surface area contributed by atoms with Crippen molar-refractivity contribution in [2.45, 2.75) is 6.54 Å². The van der Waals surface area contributed by atoms with Gasteiger partial charge in [0, 0.05) is 5.02 Å². The highest BCUT2D eigenvalue weighted by atomic mass is 35.5. The zero-order chi connectivity index (χ0) is 11.7. The Morgan fingerprint density at radius 1 is 1.62 bits per heavy atom. The molecule has 0 aliphatic rings. The van der Waals surface area contributed by atoms with Crippen LogP contribution < -0.4 is 10.6 Å². The molecule has 5 nitrogen and oxygen atoms in total. The number of benzene rings is 1. The van der Waals surface area contributed by atoms with Crippen LogP contribution in [-0.4, -0.2) is 15.6 Å². The predicted molar refractivity (Wildman–Crippen MR) is 64.5 cm³/mol. The normalized spacial score (nSPS) is 12.2. The molecular weight excluding hydrogens is 250 g/mol. The van der Waals surface area contributed by atoms with Gasteiger partial charge in [0.15, 0.2) is 5.84 Å². The summed E-state index contributed by atoms with van der Waals surface area (Å²) in [4.78, 5) is 11.5. The maximum Gasteiger partial charge on any atom is 0.308 e. The number of hydrogen-bond donors (Lipinski definition) is 2. The molecule has 0 spiro atoms. The molecule has 0 saturated heterocycles. The maximum absolute atomic E-state index is 11.6. The molecule has 0 unspecified atom stereocenters. The third-order valence-corrected chi connectivity index (χ3v) is 3.27. The topological polar surface area (TPSA) is 80.6 Å². The largest absolute Gasteiger partial charge is 0.409 e. The van der Waals surface area contributed by atoms with Gasteiger partial charge in [0.1, 0.15) is 0 Å². The molecule has 16 heavy (non-hydrogen) atoms. The van der Waals surface area contributed by atoms with Crippen molar-refractivity contribution < 1.29 is 5.21 Å². The number of oxime groups is 1. The van der Waals surface area contributed by atoms with Gasteiger partial charge >= 0.3 is 4.87 Å². The van der Waals surface area contributed by atoms with Gasteiger partial charge in [0.25, 0.3) is 0 Å². The second-order valence-corrected chi connectivity index (χ2v) is 4.59. The molecule has 0 aliphatic carbocycles. The number of nitrogens with two attached hydrogens (primary N) is 1. The summed E-state index contributed by atoms with van der Waals surface area (Å²) in [7, 11) is 0. The molecule has 0 saturated carbocycles. The van der Waals surface area contributed by atoms with Crippen LogP contribution in [0.4, 0.5) is 0 Å². The van der Waals surface area contributed by atoms with Gasteiger partial charge < -0.3 is 10.9 Å². The summed E-state index contributed by atoms with van der Waals surface area (Å²) in [6.07, 6.45) is 0. The molecule has 7 heteroatoms. The minimum absolute atomic E-state index is 0.0261. The molecule has 1 aromatic carbocycles. The summed E-state index contributed by atoms with van der Waals surface area (Å²) < 4.78 is 2.24. The van der Waals surface area contributed by atoms with Crippen LogP contribution in [0.5, 0.6) is 0 Å². The number of hydrogen-bond acceptors (Lipinski definition) is 4. The van der Waals surface area contributed by atoms with Gasteiger partial charge in [-0.15, -0.1) is 0 Å². The quantitative estimate of drug-likeness (QED) is 0.370. The first kappa shape index (κ1) is 11.0. The number of rotatable bonds is 2. The Balaban J connectivity index is 2.63. The van der Waals surface area contributed by atoms with Crippen molar-refractivity contribution in [3.8, 4) is 0 Å². The van der Waals surface area contributed by atoms with Crippen LogP contribution in [0.1, 0.15) is 0 Å². The van der Waals surface area contributed by atoms with E-state index in [4.69, 9.17) is 22.5 Å². The Morgan fingerprint density at radius 3 is 3.06 bits per heavy atom. The van der Waals surface area contributed by atoms with Gasteiger partial charge in [0.2, 0.25) is 0 Å². The number of aromatic nitrogens is 1. The van der Waals surface area contributed by atoms with E-state index in [1.807, 2.05) is 0 Å². The van der Waals surface area contributed by atoms with Crippen molar-refractivity contribution in [3.05, 3.63) is 32.9 Å². The lowest BCUT2D eigenvalue weighted by molar-refractivity contribution is 0.316. The fourth-order valence-electron chi connectivity index (χ4n) is 1.38. The second-order valence-electron chi connectivity index (χ2n) is 3.16. The van der Waals surface area contributed by atoms with E-state index in [-0.39, 0.29) is 17.3 Å². The van der Waals surface area contributed by atoms with Crippen LogP contribution in [0.2, 0.25) is 5.02 Å². The molecule has 0 radical (unpaired) electrons. The first-order chi connectivity index (χ1) is 7.61. The van der Waals surface area contributed by atoms with Crippen molar-refractivity contribution in [3.63, 3.8) is 0 Å². The molecule has 0 bridgehead atoms. The van der Waals surface area contributed by atoms with Gasteiger partial charge in [-0.1, -0.05) is 28.1 Å². The molecule has 1 heterocycles. The van der Waals surface area contributed by atoms with Gasteiger partial charge in [-0.05, 0) is 18.2 Å². The van der Waals surface area contributed by atoms with Crippen molar-refractivity contribution in [1.82, 2.24) is 4.57 Å². The van der Waals surface area contributed by atoms with Crippen LogP contribution in [0.15, 0.2) is 28.1 Å². The number of amidine groups is 1. The average Bonchev–Trinajstić information content (AvgIpc) is 2.55. The monoisotopic (exact) mass is 257 g/mol. The number of fused-ring (bicyclic) bond motifs is 1.